The molecule has 0 radical (unpaired) electrons. The van der Waals surface area contributed by atoms with Crippen LogP contribution in [-0.4, -0.2) is 15.0 Å². The van der Waals surface area contributed by atoms with Crippen LogP contribution in [-0.2, 0) is 0 Å². The monoisotopic (exact) mass is 289 g/mol. The Hall–Kier alpha value is -1.71. The minimum absolute atomic E-state index is 0.417. The molecule has 0 N–H and O–H groups in total. The molecule has 0 saturated carbocycles. The van der Waals surface area contributed by atoms with Gasteiger partial charge in [-0.1, -0.05) is 35.3 Å². The summed E-state index contributed by atoms with van der Waals surface area (Å²) in [4.78, 5) is 13.1. The average molecular weight is 290 g/mol. The third kappa shape index (κ3) is 2.39. The number of hydrogen-bond acceptors (Lipinski definition) is 3. The van der Waals surface area contributed by atoms with Gasteiger partial charge in [0.2, 0.25) is 0 Å². The second-order valence-electron chi connectivity index (χ2n) is 4.17. The number of nitrogens with zero attached hydrogens (tertiary/aromatic N) is 3. The van der Waals surface area contributed by atoms with Crippen molar-refractivity contribution in [1.82, 2.24) is 15.0 Å². The van der Waals surface area contributed by atoms with Crippen LogP contribution in [0.25, 0.3) is 22.4 Å². The fraction of sp³-hybridized carbons (Fsp3) is 0.0714. The van der Waals surface area contributed by atoms with Crippen molar-refractivity contribution >= 4 is 34.1 Å². The Morgan fingerprint density at radius 2 is 1.74 bits per heavy atom. The molecule has 0 aliphatic heterocycles. The molecule has 1 aromatic carbocycles. The first-order chi connectivity index (χ1) is 9.13. The Kier molecular flexibility index (Phi) is 3.09. The Balaban J connectivity index is 2.25. The van der Waals surface area contributed by atoms with Crippen LogP contribution >= 0.6 is 23.2 Å². The lowest BCUT2D eigenvalue weighted by Gasteiger charge is -2.05. The van der Waals surface area contributed by atoms with E-state index in [1.807, 2.05) is 31.2 Å². The van der Waals surface area contributed by atoms with E-state index in [4.69, 9.17) is 23.2 Å². The molecule has 3 rings (SSSR count). The van der Waals surface area contributed by atoms with Crippen molar-refractivity contribution < 1.29 is 0 Å². The van der Waals surface area contributed by atoms with Crippen LogP contribution in [0.15, 0.2) is 36.4 Å². The highest BCUT2D eigenvalue weighted by Gasteiger charge is 2.09. The molecular formula is C14H9Cl2N3. The van der Waals surface area contributed by atoms with Crippen LogP contribution < -0.4 is 0 Å². The summed E-state index contributed by atoms with van der Waals surface area (Å²) in [6.07, 6.45) is 0. The summed E-state index contributed by atoms with van der Waals surface area (Å²) in [6.45, 7) is 1.87. The standard InChI is InChI=1S/C14H9Cl2N3/c1-8-6-9(15)7-12(17-8)14-18-11-5-3-2-4-10(11)13(16)19-14/h2-7H,1H3. The first-order valence-electron chi connectivity index (χ1n) is 5.70. The van der Waals surface area contributed by atoms with Crippen LogP contribution in [0.2, 0.25) is 10.2 Å². The van der Waals surface area contributed by atoms with Crippen molar-refractivity contribution in [3.63, 3.8) is 0 Å². The van der Waals surface area contributed by atoms with Gasteiger partial charge in [0.1, 0.15) is 10.8 Å². The number of para-hydroxylation sites is 1. The molecule has 19 heavy (non-hydrogen) atoms. The van der Waals surface area contributed by atoms with E-state index in [1.54, 1.807) is 12.1 Å². The topological polar surface area (TPSA) is 38.7 Å². The summed E-state index contributed by atoms with van der Waals surface area (Å²) in [5, 5.41) is 1.85. The Morgan fingerprint density at radius 1 is 0.947 bits per heavy atom. The summed E-state index contributed by atoms with van der Waals surface area (Å²) in [7, 11) is 0. The molecule has 0 aliphatic rings. The maximum Gasteiger partial charge on any atom is 0.180 e. The first-order valence-corrected chi connectivity index (χ1v) is 6.46. The van der Waals surface area contributed by atoms with E-state index in [9.17, 15) is 0 Å². The largest absolute Gasteiger partial charge is 0.250 e. The molecule has 0 spiro atoms. The molecule has 5 heteroatoms. The number of rotatable bonds is 1. The Morgan fingerprint density at radius 3 is 2.53 bits per heavy atom. The highest BCUT2D eigenvalue weighted by atomic mass is 35.5. The molecule has 2 aromatic heterocycles. The third-order valence-electron chi connectivity index (χ3n) is 2.70. The van der Waals surface area contributed by atoms with Crippen molar-refractivity contribution in [3.8, 4) is 11.5 Å². The average Bonchev–Trinajstić information content (AvgIpc) is 2.37. The van der Waals surface area contributed by atoms with E-state index in [2.05, 4.69) is 15.0 Å². The minimum Gasteiger partial charge on any atom is -0.250 e. The fourth-order valence-corrected chi connectivity index (χ4v) is 2.39. The van der Waals surface area contributed by atoms with Gasteiger partial charge in [0.25, 0.3) is 0 Å². The zero-order valence-corrected chi connectivity index (χ0v) is 11.6. The van der Waals surface area contributed by atoms with Crippen LogP contribution in [0.5, 0.6) is 0 Å². The zero-order valence-electron chi connectivity index (χ0n) is 10.1. The van der Waals surface area contributed by atoms with Gasteiger partial charge in [-0.15, -0.1) is 0 Å². The van der Waals surface area contributed by atoms with E-state index < -0.39 is 0 Å². The van der Waals surface area contributed by atoms with Crippen molar-refractivity contribution in [2.75, 3.05) is 0 Å². The number of halogens is 2. The molecule has 94 valence electrons. The van der Waals surface area contributed by atoms with Gasteiger partial charge in [-0.05, 0) is 31.2 Å². The SMILES string of the molecule is Cc1cc(Cl)cc(-c2nc(Cl)c3ccccc3n2)n1. The van der Waals surface area contributed by atoms with E-state index in [0.29, 0.717) is 21.7 Å². The molecule has 3 aromatic rings. The van der Waals surface area contributed by atoms with Crippen LogP contribution in [0.3, 0.4) is 0 Å². The van der Waals surface area contributed by atoms with Crippen molar-refractivity contribution in [2.45, 2.75) is 6.92 Å². The maximum atomic E-state index is 6.18. The van der Waals surface area contributed by atoms with E-state index >= 15 is 0 Å². The number of benzene rings is 1. The second kappa shape index (κ2) is 4.76. The summed E-state index contributed by atoms with van der Waals surface area (Å²) < 4.78 is 0. The first kappa shape index (κ1) is 12.3. The van der Waals surface area contributed by atoms with Gasteiger partial charge >= 0.3 is 0 Å². The van der Waals surface area contributed by atoms with Crippen molar-refractivity contribution in [2.24, 2.45) is 0 Å². The van der Waals surface area contributed by atoms with E-state index in [0.717, 1.165) is 16.6 Å². The predicted molar refractivity (Wildman–Crippen MR) is 77.5 cm³/mol. The van der Waals surface area contributed by atoms with E-state index in [-0.39, 0.29) is 0 Å². The number of aryl methyl sites for hydroxylation is 1. The van der Waals surface area contributed by atoms with Crippen LogP contribution in [0, 0.1) is 6.92 Å². The fourth-order valence-electron chi connectivity index (χ4n) is 1.89. The maximum absolute atomic E-state index is 6.18. The smallest absolute Gasteiger partial charge is 0.180 e. The normalized spacial score (nSPS) is 10.9. The summed E-state index contributed by atoms with van der Waals surface area (Å²) in [5.41, 5.74) is 2.23. The van der Waals surface area contributed by atoms with Gasteiger partial charge in [0.15, 0.2) is 5.82 Å². The number of aromatic nitrogens is 3. The lowest BCUT2D eigenvalue weighted by Crippen LogP contribution is -1.95. The molecule has 0 bridgehead atoms. The zero-order chi connectivity index (χ0) is 13.4. The predicted octanol–water partition coefficient (Wildman–Crippen LogP) is 4.31. The Labute approximate surface area is 120 Å². The highest BCUT2D eigenvalue weighted by Crippen LogP contribution is 2.25. The van der Waals surface area contributed by atoms with Gasteiger partial charge in [0, 0.05) is 16.1 Å². The van der Waals surface area contributed by atoms with Crippen molar-refractivity contribution in [3.05, 3.63) is 52.3 Å². The summed E-state index contributed by atoms with van der Waals surface area (Å²) >= 11 is 12.2. The molecule has 3 nitrogen and oxygen atoms in total. The summed E-state index contributed by atoms with van der Waals surface area (Å²) in [6, 6.07) is 11.1. The number of pyridine rings is 1. The number of hydrogen-bond donors (Lipinski definition) is 0. The molecule has 2 heterocycles. The number of fused-ring (bicyclic) bond motifs is 1. The van der Waals surface area contributed by atoms with Crippen molar-refractivity contribution in [1.29, 1.82) is 0 Å². The lowest BCUT2D eigenvalue weighted by atomic mass is 10.2. The molecule has 0 unspecified atom stereocenters. The Bertz CT molecular complexity index is 751. The molecule has 0 atom stereocenters. The summed E-state index contributed by atoms with van der Waals surface area (Å²) in [5.74, 6) is 0.481. The molecule has 0 amide bonds. The van der Waals surface area contributed by atoms with Gasteiger partial charge in [0.05, 0.1) is 5.52 Å². The van der Waals surface area contributed by atoms with Crippen LogP contribution in [0.1, 0.15) is 5.69 Å². The third-order valence-corrected chi connectivity index (χ3v) is 3.21. The minimum atomic E-state index is 0.417. The lowest BCUT2D eigenvalue weighted by molar-refractivity contribution is 1.14. The second-order valence-corrected chi connectivity index (χ2v) is 4.96. The quantitative estimate of drug-likeness (QED) is 0.627. The molecular weight excluding hydrogens is 281 g/mol. The van der Waals surface area contributed by atoms with Crippen LogP contribution in [0.4, 0.5) is 0 Å². The molecule has 0 aliphatic carbocycles. The molecule has 0 saturated heterocycles. The van der Waals surface area contributed by atoms with E-state index in [1.165, 1.54) is 0 Å². The van der Waals surface area contributed by atoms with Gasteiger partial charge in [-0.2, -0.15) is 0 Å². The molecule has 0 fully saturated rings. The van der Waals surface area contributed by atoms with Gasteiger partial charge in [-0.3, -0.25) is 0 Å². The highest BCUT2D eigenvalue weighted by molar-refractivity contribution is 6.34. The van der Waals surface area contributed by atoms with Gasteiger partial charge in [-0.25, -0.2) is 15.0 Å². The van der Waals surface area contributed by atoms with Gasteiger partial charge < -0.3 is 0 Å².